The van der Waals surface area contributed by atoms with E-state index in [1.54, 1.807) is 0 Å². The van der Waals surface area contributed by atoms with E-state index in [1.807, 2.05) is 0 Å². The average Bonchev–Trinajstić information content (AvgIpc) is 2.42. The number of rotatable bonds is 2. The van der Waals surface area contributed by atoms with Crippen LogP contribution in [0.3, 0.4) is 0 Å². The van der Waals surface area contributed by atoms with Crippen LogP contribution in [0, 0.1) is 47.1 Å². The second kappa shape index (κ2) is 5.57. The summed E-state index contributed by atoms with van der Waals surface area (Å²) in [5, 5.41) is 0. The SMILES string of the molecule is Fc1nc(F)c(F)c([Se]c2c(F)c(F)nc(F)c2F)c1F. The summed E-state index contributed by atoms with van der Waals surface area (Å²) in [7, 11) is 0. The Hall–Kier alpha value is -1.74. The molecule has 2 nitrogen and oxygen atoms in total. The summed E-state index contributed by atoms with van der Waals surface area (Å²) in [6, 6.07) is 0. The molecule has 2 rings (SSSR count). The Morgan fingerprint density at radius 3 is 0.952 bits per heavy atom. The van der Waals surface area contributed by atoms with Crippen molar-refractivity contribution >= 4 is 23.9 Å². The van der Waals surface area contributed by atoms with Gasteiger partial charge in [0.15, 0.2) is 0 Å². The summed E-state index contributed by atoms with van der Waals surface area (Å²) in [5.41, 5.74) is 0. The Morgan fingerprint density at radius 2 is 0.714 bits per heavy atom. The van der Waals surface area contributed by atoms with Crippen molar-refractivity contribution in [2.75, 3.05) is 0 Å². The van der Waals surface area contributed by atoms with Crippen molar-refractivity contribution in [3.8, 4) is 0 Å². The van der Waals surface area contributed by atoms with Crippen LogP contribution >= 0.6 is 0 Å². The minimum absolute atomic E-state index is 1.41. The summed E-state index contributed by atoms with van der Waals surface area (Å²) in [6.07, 6.45) is 0. The first-order valence-corrected chi connectivity index (χ1v) is 6.53. The van der Waals surface area contributed by atoms with Gasteiger partial charge in [0.25, 0.3) is 0 Å². The fourth-order valence-corrected chi connectivity index (χ4v) is 3.10. The van der Waals surface area contributed by atoms with Crippen LogP contribution in [0.5, 0.6) is 0 Å². The molecule has 0 bridgehead atoms. The molecule has 0 aromatic carbocycles. The van der Waals surface area contributed by atoms with E-state index in [4.69, 9.17) is 0 Å². The van der Waals surface area contributed by atoms with E-state index >= 15 is 0 Å². The third-order valence-electron chi connectivity index (χ3n) is 2.12. The van der Waals surface area contributed by atoms with E-state index in [9.17, 15) is 35.1 Å². The van der Waals surface area contributed by atoms with Crippen molar-refractivity contribution in [1.82, 2.24) is 9.97 Å². The van der Waals surface area contributed by atoms with Crippen molar-refractivity contribution in [3.63, 3.8) is 0 Å². The van der Waals surface area contributed by atoms with Crippen LogP contribution in [0.2, 0.25) is 0 Å². The van der Waals surface area contributed by atoms with Crippen LogP contribution in [0.1, 0.15) is 0 Å². The number of halogens is 8. The number of hydrogen-bond donors (Lipinski definition) is 0. The minimum atomic E-state index is -2.16. The fourth-order valence-electron chi connectivity index (χ4n) is 1.22. The predicted octanol–water partition coefficient (Wildman–Crippen LogP) is 1.24. The van der Waals surface area contributed by atoms with Crippen molar-refractivity contribution < 1.29 is 35.1 Å². The van der Waals surface area contributed by atoms with Gasteiger partial charge < -0.3 is 0 Å². The zero-order valence-corrected chi connectivity index (χ0v) is 11.0. The maximum atomic E-state index is 13.3. The van der Waals surface area contributed by atoms with Gasteiger partial charge in [-0.15, -0.1) is 0 Å². The third kappa shape index (κ3) is 2.70. The quantitative estimate of drug-likeness (QED) is 0.446. The van der Waals surface area contributed by atoms with E-state index < -0.39 is 70.9 Å². The summed E-state index contributed by atoms with van der Waals surface area (Å²) in [4.78, 5) is 4.47. The fraction of sp³-hybridized carbons (Fsp3) is 0. The molecule has 0 aliphatic carbocycles. The van der Waals surface area contributed by atoms with Gasteiger partial charge in [-0.3, -0.25) is 0 Å². The predicted molar refractivity (Wildman–Crippen MR) is 53.2 cm³/mol. The Kier molecular flexibility index (Phi) is 4.15. The monoisotopic (exact) mass is 380 g/mol. The van der Waals surface area contributed by atoms with Crippen LogP contribution in [0.25, 0.3) is 0 Å². The summed E-state index contributed by atoms with van der Waals surface area (Å²) in [6.45, 7) is 0. The molecule has 0 aliphatic rings. The van der Waals surface area contributed by atoms with Crippen molar-refractivity contribution in [1.29, 1.82) is 0 Å². The van der Waals surface area contributed by atoms with Gasteiger partial charge in [0.2, 0.25) is 0 Å². The van der Waals surface area contributed by atoms with E-state index in [0.29, 0.717) is 0 Å². The molecule has 0 aliphatic heterocycles. The molecule has 0 N–H and O–H groups in total. The van der Waals surface area contributed by atoms with Crippen molar-refractivity contribution in [3.05, 3.63) is 47.1 Å². The molecule has 11 heteroatoms. The molecule has 0 radical (unpaired) electrons. The van der Waals surface area contributed by atoms with E-state index in [2.05, 4.69) is 9.97 Å². The topological polar surface area (TPSA) is 25.8 Å². The van der Waals surface area contributed by atoms with Crippen LogP contribution in [-0.4, -0.2) is 24.9 Å². The van der Waals surface area contributed by atoms with Crippen molar-refractivity contribution in [2.24, 2.45) is 0 Å². The standard InChI is InChI=1S/C10F8N2Se/c11-1-5(2(12)8(16)19-7(1)15)21-6-3(13)9(17)20-10(18)4(6)14. The third-order valence-corrected chi connectivity index (χ3v) is 4.48. The van der Waals surface area contributed by atoms with Gasteiger partial charge in [-0.1, -0.05) is 0 Å². The van der Waals surface area contributed by atoms with Crippen molar-refractivity contribution in [2.45, 2.75) is 0 Å². The van der Waals surface area contributed by atoms with E-state index in [0.717, 1.165) is 0 Å². The second-order valence-electron chi connectivity index (χ2n) is 3.40. The molecule has 0 saturated heterocycles. The van der Waals surface area contributed by atoms with Gasteiger partial charge in [0.05, 0.1) is 0 Å². The summed E-state index contributed by atoms with van der Waals surface area (Å²) < 4.78 is 102. The Morgan fingerprint density at radius 1 is 0.476 bits per heavy atom. The van der Waals surface area contributed by atoms with E-state index in [-0.39, 0.29) is 0 Å². The van der Waals surface area contributed by atoms with E-state index in [1.165, 1.54) is 0 Å². The number of nitrogens with zero attached hydrogens (tertiary/aromatic N) is 2. The molecule has 2 heterocycles. The number of aromatic nitrogens is 2. The zero-order valence-electron chi connectivity index (χ0n) is 9.33. The molecule has 0 fully saturated rings. The molecule has 2 aromatic heterocycles. The number of hydrogen-bond acceptors (Lipinski definition) is 2. The normalized spacial score (nSPS) is 11.0. The molecular weight excluding hydrogens is 379 g/mol. The first kappa shape index (κ1) is 15.6. The Bertz CT molecular complexity index is 622. The maximum absolute atomic E-state index is 13.3. The molecule has 0 saturated carbocycles. The van der Waals surface area contributed by atoms with Crippen LogP contribution in [0.4, 0.5) is 35.1 Å². The first-order chi connectivity index (χ1) is 9.73. The average molecular weight is 379 g/mol. The molecule has 0 amide bonds. The summed E-state index contributed by atoms with van der Waals surface area (Å²) in [5.74, 6) is -16.3. The van der Waals surface area contributed by atoms with Gasteiger partial charge in [0.1, 0.15) is 0 Å². The molecule has 0 atom stereocenters. The molecular formula is C10F8N2Se. The Labute approximate surface area is 117 Å². The van der Waals surface area contributed by atoms with Gasteiger partial charge in [-0.25, -0.2) is 0 Å². The van der Waals surface area contributed by atoms with Crippen LogP contribution in [0.15, 0.2) is 0 Å². The summed E-state index contributed by atoms with van der Waals surface area (Å²) >= 11 is -2.16. The zero-order chi connectivity index (χ0) is 15.9. The van der Waals surface area contributed by atoms with Crippen LogP contribution in [-0.2, 0) is 0 Å². The molecule has 0 unspecified atom stereocenters. The molecule has 21 heavy (non-hydrogen) atoms. The Balaban J connectivity index is 2.64. The van der Waals surface area contributed by atoms with Gasteiger partial charge in [-0.05, 0) is 0 Å². The van der Waals surface area contributed by atoms with Crippen LogP contribution < -0.4 is 8.92 Å². The second-order valence-corrected chi connectivity index (χ2v) is 5.54. The number of pyridine rings is 2. The van der Waals surface area contributed by atoms with Gasteiger partial charge >= 0.3 is 116 Å². The first-order valence-electron chi connectivity index (χ1n) is 4.81. The van der Waals surface area contributed by atoms with Gasteiger partial charge in [-0.2, -0.15) is 0 Å². The molecule has 0 spiro atoms. The molecule has 112 valence electrons. The molecule has 2 aromatic rings. The van der Waals surface area contributed by atoms with Gasteiger partial charge in [0, 0.05) is 0 Å².